The molecule has 0 amide bonds. The first-order valence-electron chi connectivity index (χ1n) is 15.8. The normalized spacial score (nSPS) is 12.8. The van der Waals surface area contributed by atoms with Gasteiger partial charge in [-0.1, -0.05) is 109 Å². The lowest BCUT2D eigenvalue weighted by molar-refractivity contribution is -0.153. The van der Waals surface area contributed by atoms with Crippen LogP contribution in [0.2, 0.25) is 0 Å². The minimum Gasteiger partial charge on any atom is -0.459 e. The molecule has 0 aliphatic heterocycles. The minimum absolute atomic E-state index is 0.0745. The van der Waals surface area contributed by atoms with Gasteiger partial charge in [0.1, 0.15) is 6.10 Å². The first-order chi connectivity index (χ1) is 18.1. The molecule has 218 valence electrons. The predicted molar refractivity (Wildman–Crippen MR) is 161 cm³/mol. The molecule has 1 unspecified atom stereocenters. The van der Waals surface area contributed by atoms with Crippen molar-refractivity contribution in [2.75, 3.05) is 33.9 Å². The summed E-state index contributed by atoms with van der Waals surface area (Å²) in [5, 5.41) is 0. The first-order valence-corrected chi connectivity index (χ1v) is 15.8. The Balaban J connectivity index is 3.72. The first kappa shape index (κ1) is 35.9. The number of ether oxygens (including phenoxy) is 2. The van der Waals surface area contributed by atoms with Crippen LogP contribution in [0.25, 0.3) is 0 Å². The number of rotatable bonds is 28. The number of hydrogen-bond donors (Lipinski definition) is 0. The summed E-state index contributed by atoms with van der Waals surface area (Å²) in [6.45, 7) is 6.45. The molecule has 4 heteroatoms. The molecule has 0 N–H and O–H groups in total. The second-order valence-electron chi connectivity index (χ2n) is 10.9. The fourth-order valence-corrected chi connectivity index (χ4v) is 4.34. The lowest BCUT2D eigenvalue weighted by atomic mass is 10.1. The van der Waals surface area contributed by atoms with Gasteiger partial charge in [-0.25, -0.2) is 0 Å². The minimum atomic E-state index is -0.174. The highest BCUT2D eigenvalue weighted by molar-refractivity contribution is 5.69. The molecule has 0 rings (SSSR count). The number of carbonyl (C=O) groups is 1. The van der Waals surface area contributed by atoms with Gasteiger partial charge < -0.3 is 14.4 Å². The molecule has 0 heterocycles. The largest absolute Gasteiger partial charge is 0.459 e. The van der Waals surface area contributed by atoms with E-state index in [-0.39, 0.29) is 12.1 Å². The molecule has 0 fully saturated rings. The summed E-state index contributed by atoms with van der Waals surface area (Å²) in [4.78, 5) is 14.4. The lowest BCUT2D eigenvalue weighted by Gasteiger charge is -2.21. The number of carbonyl (C=O) groups excluding carboxylic acids is 1. The molecule has 4 nitrogen and oxygen atoms in total. The van der Waals surface area contributed by atoms with E-state index in [0.717, 1.165) is 25.9 Å². The van der Waals surface area contributed by atoms with Gasteiger partial charge in [0, 0.05) is 19.6 Å². The third kappa shape index (κ3) is 29.3. The molecule has 0 bridgehead atoms. The van der Waals surface area contributed by atoms with E-state index in [2.05, 4.69) is 43.1 Å². The molecule has 0 radical (unpaired) electrons. The second-order valence-corrected chi connectivity index (χ2v) is 10.9. The second kappa shape index (κ2) is 29.4. The van der Waals surface area contributed by atoms with Crippen LogP contribution in [0, 0.1) is 0 Å². The van der Waals surface area contributed by atoms with Crippen LogP contribution < -0.4 is 0 Å². The topological polar surface area (TPSA) is 38.8 Å². The molecular weight excluding hydrogens is 458 g/mol. The maximum absolute atomic E-state index is 12.3. The average Bonchev–Trinajstić information content (AvgIpc) is 2.87. The van der Waals surface area contributed by atoms with Gasteiger partial charge in [0.05, 0.1) is 6.61 Å². The molecule has 0 spiro atoms. The summed E-state index contributed by atoms with van der Waals surface area (Å²) in [5.41, 5.74) is 0. The quantitative estimate of drug-likeness (QED) is 0.0584. The summed E-state index contributed by atoms with van der Waals surface area (Å²) in [6.07, 6.45) is 33.1. The molecule has 1 atom stereocenters. The third-order valence-corrected chi connectivity index (χ3v) is 6.61. The highest BCUT2D eigenvalue weighted by atomic mass is 16.6. The van der Waals surface area contributed by atoms with Gasteiger partial charge in [-0.05, 0) is 65.5 Å². The summed E-state index contributed by atoms with van der Waals surface area (Å²) in [5.74, 6) is -0.0745. The van der Waals surface area contributed by atoms with E-state index < -0.39 is 0 Å². The fraction of sp³-hybridized carbons (Fsp3) is 0.848. The van der Waals surface area contributed by atoms with Crippen molar-refractivity contribution in [2.45, 2.75) is 148 Å². The van der Waals surface area contributed by atoms with E-state index in [4.69, 9.17) is 9.47 Å². The predicted octanol–water partition coefficient (Wildman–Crippen LogP) is 9.43. The van der Waals surface area contributed by atoms with E-state index >= 15 is 0 Å². The molecule has 0 saturated heterocycles. The molecule has 0 saturated carbocycles. The van der Waals surface area contributed by atoms with Gasteiger partial charge in [0.2, 0.25) is 0 Å². The molecule has 0 aromatic rings. The Morgan fingerprint density at radius 2 is 1.11 bits per heavy atom. The molecule has 0 aromatic heterocycles. The fourth-order valence-electron chi connectivity index (χ4n) is 4.34. The van der Waals surface area contributed by atoms with Crippen molar-refractivity contribution in [1.29, 1.82) is 0 Å². The summed E-state index contributed by atoms with van der Waals surface area (Å²) < 4.78 is 11.6. The monoisotopic (exact) mass is 521 g/mol. The zero-order valence-electron chi connectivity index (χ0n) is 25.3. The van der Waals surface area contributed by atoms with E-state index in [1.54, 1.807) is 0 Å². The van der Waals surface area contributed by atoms with Gasteiger partial charge in [0.15, 0.2) is 0 Å². The molecule has 0 aliphatic carbocycles. The Bertz CT molecular complexity index is 530. The molecule has 37 heavy (non-hydrogen) atoms. The summed E-state index contributed by atoms with van der Waals surface area (Å²) in [6, 6.07) is 0. The van der Waals surface area contributed by atoms with Crippen molar-refractivity contribution in [2.24, 2.45) is 0 Å². The van der Waals surface area contributed by atoms with Crippen LogP contribution in [0.4, 0.5) is 0 Å². The van der Waals surface area contributed by atoms with Crippen molar-refractivity contribution < 1.29 is 14.3 Å². The van der Waals surface area contributed by atoms with Gasteiger partial charge in [-0.3, -0.25) is 4.79 Å². The van der Waals surface area contributed by atoms with Crippen LogP contribution in [0.3, 0.4) is 0 Å². The SMILES string of the molecule is CCCC/C=C\CCCCCCCCOCC(CN(C)C)OC(=O)CCCCCCC/C=C\CCCC. The molecule has 0 aliphatic rings. The standard InChI is InChI=1S/C33H63NO3/c1-5-7-9-11-13-15-17-19-21-23-25-27-29-36-31-32(30-34(3)4)37-33(35)28-26-24-22-20-18-16-14-12-10-8-6-2/h11-14,32H,5-10,15-31H2,1-4H3/b13-11-,14-12-. The van der Waals surface area contributed by atoms with Crippen LogP contribution in [-0.4, -0.2) is 50.8 Å². The van der Waals surface area contributed by atoms with Crippen LogP contribution >= 0.6 is 0 Å². The van der Waals surface area contributed by atoms with Crippen molar-refractivity contribution in [3.8, 4) is 0 Å². The van der Waals surface area contributed by atoms with Gasteiger partial charge in [-0.2, -0.15) is 0 Å². The Hall–Kier alpha value is -1.13. The highest BCUT2D eigenvalue weighted by Gasteiger charge is 2.15. The maximum atomic E-state index is 12.3. The lowest BCUT2D eigenvalue weighted by Crippen LogP contribution is -2.34. The highest BCUT2D eigenvalue weighted by Crippen LogP contribution is 2.11. The van der Waals surface area contributed by atoms with E-state index in [9.17, 15) is 4.79 Å². The Labute approximate surface area is 231 Å². The van der Waals surface area contributed by atoms with Gasteiger partial charge in [-0.15, -0.1) is 0 Å². The maximum Gasteiger partial charge on any atom is 0.306 e. The number of likely N-dealkylation sites (N-methyl/N-ethyl adjacent to an activating group) is 1. The Morgan fingerprint density at radius 1 is 0.649 bits per heavy atom. The Morgan fingerprint density at radius 3 is 1.62 bits per heavy atom. The van der Waals surface area contributed by atoms with Crippen LogP contribution in [0.5, 0.6) is 0 Å². The van der Waals surface area contributed by atoms with Crippen molar-refractivity contribution in [1.82, 2.24) is 4.90 Å². The summed E-state index contributed by atoms with van der Waals surface area (Å²) in [7, 11) is 4.03. The van der Waals surface area contributed by atoms with Gasteiger partial charge in [0.25, 0.3) is 0 Å². The molecular formula is C33H63NO3. The van der Waals surface area contributed by atoms with E-state index in [1.165, 1.54) is 103 Å². The number of allylic oxidation sites excluding steroid dienone is 4. The van der Waals surface area contributed by atoms with Crippen molar-refractivity contribution in [3.05, 3.63) is 24.3 Å². The number of unbranched alkanes of at least 4 members (excludes halogenated alkanes) is 15. The zero-order valence-corrected chi connectivity index (χ0v) is 25.3. The van der Waals surface area contributed by atoms with E-state index in [1.807, 2.05) is 14.1 Å². The van der Waals surface area contributed by atoms with Crippen LogP contribution in [0.15, 0.2) is 24.3 Å². The number of nitrogens with zero attached hydrogens (tertiary/aromatic N) is 1. The zero-order chi connectivity index (χ0) is 27.2. The smallest absolute Gasteiger partial charge is 0.306 e. The summed E-state index contributed by atoms with van der Waals surface area (Å²) >= 11 is 0. The van der Waals surface area contributed by atoms with Crippen LogP contribution in [-0.2, 0) is 14.3 Å². The molecule has 0 aromatic carbocycles. The third-order valence-electron chi connectivity index (χ3n) is 6.61. The van der Waals surface area contributed by atoms with Gasteiger partial charge >= 0.3 is 5.97 Å². The van der Waals surface area contributed by atoms with Crippen LogP contribution in [0.1, 0.15) is 142 Å². The Kier molecular flexibility index (Phi) is 28.5. The number of hydrogen-bond acceptors (Lipinski definition) is 4. The average molecular weight is 522 g/mol. The van der Waals surface area contributed by atoms with E-state index in [0.29, 0.717) is 19.6 Å². The number of esters is 1. The van der Waals surface area contributed by atoms with Crippen molar-refractivity contribution in [3.63, 3.8) is 0 Å². The van der Waals surface area contributed by atoms with Crippen molar-refractivity contribution >= 4 is 5.97 Å².